The van der Waals surface area contributed by atoms with Crippen molar-refractivity contribution >= 4 is 27.8 Å². The highest BCUT2D eigenvalue weighted by atomic mass is 79.9. The highest BCUT2D eigenvalue weighted by Crippen LogP contribution is 2.43. The molecule has 2 rings (SSSR count). The van der Waals surface area contributed by atoms with Crippen LogP contribution >= 0.6 is 15.9 Å². The quantitative estimate of drug-likeness (QED) is 0.711. The Morgan fingerprint density at radius 1 is 1.30 bits per heavy atom. The molecule has 0 radical (unpaired) electrons. The smallest absolute Gasteiger partial charge is 0.357 e. The van der Waals surface area contributed by atoms with E-state index in [9.17, 15) is 18.0 Å². The van der Waals surface area contributed by atoms with Gasteiger partial charge in [-0.3, -0.25) is 4.79 Å². The number of ether oxygens (including phenoxy) is 1. The molecule has 0 aliphatic carbocycles. The maximum atomic E-state index is 13.6. The Balaban J connectivity index is 2.36. The summed E-state index contributed by atoms with van der Waals surface area (Å²) in [6, 6.07) is 6.86. The Labute approximate surface area is 141 Å². The van der Waals surface area contributed by atoms with E-state index in [2.05, 4.69) is 15.9 Å². The summed E-state index contributed by atoms with van der Waals surface area (Å²) in [6.07, 6.45) is -3.69. The maximum Gasteiger partial charge on any atom is 0.421 e. The third-order valence-corrected chi connectivity index (χ3v) is 4.42. The monoisotopic (exact) mass is 390 g/mol. The van der Waals surface area contributed by atoms with Crippen LogP contribution < -0.4 is 0 Å². The van der Waals surface area contributed by atoms with E-state index in [0.717, 1.165) is 10.5 Å². The number of rotatable bonds is 3. The van der Waals surface area contributed by atoms with E-state index in [0.29, 0.717) is 5.56 Å². The Bertz CT molecular complexity index is 593. The van der Waals surface area contributed by atoms with Crippen LogP contribution in [0.25, 0.3) is 6.08 Å². The highest BCUT2D eigenvalue weighted by Gasteiger charge is 2.58. The second-order valence-corrected chi connectivity index (χ2v) is 7.01. The fourth-order valence-corrected chi connectivity index (χ4v) is 2.74. The third-order valence-electron chi connectivity index (χ3n) is 3.89. The maximum absolute atomic E-state index is 13.6. The normalized spacial score (nSPS) is 26.2. The van der Waals surface area contributed by atoms with Crippen molar-refractivity contribution in [3.05, 3.63) is 40.4 Å². The molecule has 0 bridgehead atoms. The van der Waals surface area contributed by atoms with Crippen LogP contribution in [0.4, 0.5) is 13.2 Å². The Hall–Kier alpha value is -1.14. The molecule has 6 heteroatoms. The van der Waals surface area contributed by atoms with Crippen LogP contribution in [-0.2, 0) is 9.53 Å². The zero-order valence-corrected chi connectivity index (χ0v) is 14.4. The zero-order chi connectivity index (χ0) is 17.3. The predicted molar refractivity (Wildman–Crippen MR) is 85.9 cm³/mol. The minimum Gasteiger partial charge on any atom is -0.357 e. The van der Waals surface area contributed by atoms with Gasteiger partial charge in [-0.2, -0.15) is 13.2 Å². The van der Waals surface area contributed by atoms with Crippen LogP contribution in [-0.4, -0.2) is 23.7 Å². The van der Waals surface area contributed by atoms with Crippen molar-refractivity contribution in [2.45, 2.75) is 44.6 Å². The van der Waals surface area contributed by atoms with Gasteiger partial charge in [0.05, 0.1) is 6.10 Å². The zero-order valence-electron chi connectivity index (χ0n) is 12.9. The molecule has 0 amide bonds. The van der Waals surface area contributed by atoms with E-state index in [-0.39, 0.29) is 12.3 Å². The number of carbonyl (C=O) groups is 1. The first-order valence-corrected chi connectivity index (χ1v) is 8.13. The van der Waals surface area contributed by atoms with Crippen molar-refractivity contribution in [3.8, 4) is 0 Å². The lowest BCUT2D eigenvalue weighted by molar-refractivity contribution is -0.282. The molecule has 23 heavy (non-hydrogen) atoms. The Morgan fingerprint density at radius 3 is 2.43 bits per heavy atom. The molecule has 1 aliphatic rings. The van der Waals surface area contributed by atoms with Crippen molar-refractivity contribution < 1.29 is 22.7 Å². The minimum atomic E-state index is -4.65. The molecule has 0 spiro atoms. The lowest BCUT2D eigenvalue weighted by atomic mass is 9.86. The fourth-order valence-electron chi connectivity index (χ4n) is 2.48. The molecule has 0 aromatic heterocycles. The van der Waals surface area contributed by atoms with E-state index in [1.807, 2.05) is 0 Å². The Morgan fingerprint density at radius 2 is 1.91 bits per heavy atom. The molecule has 126 valence electrons. The third kappa shape index (κ3) is 4.23. The first-order chi connectivity index (χ1) is 10.6. The second-order valence-electron chi connectivity index (χ2n) is 6.09. The van der Waals surface area contributed by atoms with Crippen molar-refractivity contribution in [1.29, 1.82) is 0 Å². The molecular weight excluding hydrogens is 373 g/mol. The van der Waals surface area contributed by atoms with E-state index < -0.39 is 30.1 Å². The van der Waals surface area contributed by atoms with Crippen molar-refractivity contribution in [1.82, 2.24) is 0 Å². The lowest BCUT2D eigenvalue weighted by Crippen LogP contribution is -2.54. The largest absolute Gasteiger partial charge is 0.421 e. The summed E-state index contributed by atoms with van der Waals surface area (Å²) in [5.74, 6) is -0.588. The van der Waals surface area contributed by atoms with Gasteiger partial charge in [-0.15, -0.1) is 0 Å². The van der Waals surface area contributed by atoms with E-state index in [1.54, 1.807) is 38.1 Å². The fraction of sp³-hybridized carbons (Fsp3) is 0.471. The number of halogens is 4. The standard InChI is InChI=1S/C17H18BrF3O2/c1-11(2)15-9-14(22)10-16(23-15,17(19,20)21)8-7-12-3-5-13(18)6-4-12/h3-8,11,15H,9-10H2,1-2H3/b8-7+/t15-,16?/m0/s1. The molecule has 1 fully saturated rings. The van der Waals surface area contributed by atoms with Crippen LogP contribution in [0.2, 0.25) is 0 Å². The van der Waals surface area contributed by atoms with Gasteiger partial charge in [0, 0.05) is 17.3 Å². The summed E-state index contributed by atoms with van der Waals surface area (Å²) in [5, 5.41) is 0. The molecule has 2 atom stereocenters. The predicted octanol–water partition coefficient (Wildman–Crippen LogP) is 5.17. The van der Waals surface area contributed by atoms with E-state index in [1.165, 1.54) is 6.08 Å². The SMILES string of the molecule is CC(C)[C@@H]1CC(=O)CC(/C=C/c2ccc(Br)cc2)(C(F)(F)F)O1. The van der Waals surface area contributed by atoms with Gasteiger partial charge in [0.15, 0.2) is 5.60 Å². The molecule has 1 aliphatic heterocycles. The number of hydrogen-bond donors (Lipinski definition) is 0. The van der Waals surface area contributed by atoms with Gasteiger partial charge in [-0.05, 0) is 29.7 Å². The number of alkyl halides is 3. The summed E-state index contributed by atoms with van der Waals surface area (Å²) < 4.78 is 47.1. The molecule has 0 N–H and O–H groups in total. The average molecular weight is 391 g/mol. The summed E-state index contributed by atoms with van der Waals surface area (Å²) in [6.45, 7) is 3.51. The molecule has 1 saturated heterocycles. The van der Waals surface area contributed by atoms with Gasteiger partial charge in [0.25, 0.3) is 0 Å². The van der Waals surface area contributed by atoms with Gasteiger partial charge in [0.1, 0.15) is 5.78 Å². The molecule has 1 heterocycles. The van der Waals surface area contributed by atoms with Gasteiger partial charge in [0.2, 0.25) is 0 Å². The number of benzene rings is 1. The molecule has 1 aromatic carbocycles. The number of carbonyl (C=O) groups excluding carboxylic acids is 1. The van der Waals surface area contributed by atoms with Crippen LogP contribution in [0.1, 0.15) is 32.3 Å². The summed E-state index contributed by atoms with van der Waals surface area (Å²) in [5.41, 5.74) is -1.94. The van der Waals surface area contributed by atoms with Crippen molar-refractivity contribution in [3.63, 3.8) is 0 Å². The van der Waals surface area contributed by atoms with Crippen molar-refractivity contribution in [2.24, 2.45) is 5.92 Å². The Kier molecular flexibility index (Phi) is 5.36. The summed E-state index contributed by atoms with van der Waals surface area (Å²) in [4.78, 5) is 11.9. The molecular formula is C17H18BrF3O2. The topological polar surface area (TPSA) is 26.3 Å². The van der Waals surface area contributed by atoms with Gasteiger partial charge in [-0.25, -0.2) is 0 Å². The van der Waals surface area contributed by atoms with Gasteiger partial charge >= 0.3 is 6.18 Å². The molecule has 2 nitrogen and oxygen atoms in total. The molecule has 1 aromatic rings. The highest BCUT2D eigenvalue weighted by molar-refractivity contribution is 9.10. The second kappa shape index (κ2) is 6.77. The first-order valence-electron chi connectivity index (χ1n) is 7.34. The first kappa shape index (κ1) is 18.2. The molecule has 1 unspecified atom stereocenters. The lowest BCUT2D eigenvalue weighted by Gasteiger charge is -2.41. The van der Waals surface area contributed by atoms with E-state index >= 15 is 0 Å². The molecule has 0 saturated carbocycles. The minimum absolute atomic E-state index is 0.0294. The van der Waals surface area contributed by atoms with Crippen LogP contribution in [0.3, 0.4) is 0 Å². The number of hydrogen-bond acceptors (Lipinski definition) is 2. The van der Waals surface area contributed by atoms with Crippen LogP contribution in [0.5, 0.6) is 0 Å². The van der Waals surface area contributed by atoms with Crippen molar-refractivity contribution in [2.75, 3.05) is 0 Å². The summed E-state index contributed by atoms with van der Waals surface area (Å²) >= 11 is 3.27. The van der Waals surface area contributed by atoms with E-state index in [4.69, 9.17) is 4.74 Å². The van der Waals surface area contributed by atoms with Crippen LogP contribution in [0, 0.1) is 5.92 Å². The average Bonchev–Trinajstić information content (AvgIpc) is 2.45. The van der Waals surface area contributed by atoms with Gasteiger partial charge in [-0.1, -0.05) is 48.0 Å². The summed E-state index contributed by atoms with van der Waals surface area (Å²) in [7, 11) is 0. The van der Waals surface area contributed by atoms with Crippen LogP contribution in [0.15, 0.2) is 34.8 Å². The number of ketones is 1. The van der Waals surface area contributed by atoms with Gasteiger partial charge < -0.3 is 4.74 Å². The number of Topliss-reactive ketones (excluding diaryl/α,β-unsaturated/α-hetero) is 1.